The van der Waals surface area contributed by atoms with Gasteiger partial charge < -0.3 is 15.3 Å². The molecule has 0 saturated carbocycles. The SMILES string of the molecule is C=Nc1c(C#N)ccc(N2C[C@@H](C)C[C@@H](NC(=O)CN3CC(O)C3)C2)c1/N=C\C. The lowest BCUT2D eigenvalue weighted by molar-refractivity contribution is -0.125. The van der Waals surface area contributed by atoms with Gasteiger partial charge >= 0.3 is 0 Å². The van der Waals surface area contributed by atoms with Gasteiger partial charge in [-0.1, -0.05) is 6.92 Å². The van der Waals surface area contributed by atoms with Gasteiger partial charge in [-0.05, 0) is 38.1 Å². The molecular weight excluding hydrogens is 368 g/mol. The standard InChI is InChI=1S/C21H28N6O2/c1-4-24-21-18(6-5-15(8-22)20(21)23-3)27-9-14(2)7-16(10-27)25-19(29)13-26-11-17(28)12-26/h4-6,14,16-17,28H,3,7,9-13H2,1-2H3,(H,25,29)/b24-4-/t14-,16+/m0/s1. The third-order valence-corrected chi connectivity index (χ3v) is 5.34. The van der Waals surface area contributed by atoms with Crippen molar-refractivity contribution in [1.29, 1.82) is 5.26 Å². The average Bonchev–Trinajstić information content (AvgIpc) is 2.66. The summed E-state index contributed by atoms with van der Waals surface area (Å²) in [5.41, 5.74) is 2.45. The predicted octanol–water partition coefficient (Wildman–Crippen LogP) is 1.62. The highest BCUT2D eigenvalue weighted by atomic mass is 16.3. The summed E-state index contributed by atoms with van der Waals surface area (Å²) in [5.74, 6) is 0.366. The van der Waals surface area contributed by atoms with Crippen LogP contribution in [-0.4, -0.2) is 73.7 Å². The molecule has 0 spiro atoms. The van der Waals surface area contributed by atoms with Crippen LogP contribution in [0.2, 0.25) is 0 Å². The molecule has 8 nitrogen and oxygen atoms in total. The second-order valence-corrected chi connectivity index (χ2v) is 7.84. The Kier molecular flexibility index (Phi) is 6.62. The quantitative estimate of drug-likeness (QED) is 0.711. The Labute approximate surface area is 171 Å². The van der Waals surface area contributed by atoms with E-state index in [1.54, 1.807) is 12.3 Å². The third kappa shape index (κ3) is 4.81. The lowest BCUT2D eigenvalue weighted by Gasteiger charge is -2.40. The molecular formula is C21H28N6O2. The Morgan fingerprint density at radius 3 is 2.76 bits per heavy atom. The fourth-order valence-electron chi connectivity index (χ4n) is 4.13. The Hall–Kier alpha value is -2.76. The number of carbonyl (C=O) groups is 1. The number of nitrogens with zero attached hydrogens (tertiary/aromatic N) is 5. The van der Waals surface area contributed by atoms with E-state index < -0.39 is 0 Å². The van der Waals surface area contributed by atoms with E-state index in [1.165, 1.54) is 0 Å². The summed E-state index contributed by atoms with van der Waals surface area (Å²) in [4.78, 5) is 25.0. The third-order valence-electron chi connectivity index (χ3n) is 5.34. The Balaban J connectivity index is 1.77. The van der Waals surface area contributed by atoms with Crippen LogP contribution in [-0.2, 0) is 4.79 Å². The van der Waals surface area contributed by atoms with Crippen LogP contribution in [0.3, 0.4) is 0 Å². The highest BCUT2D eigenvalue weighted by Crippen LogP contribution is 2.41. The Bertz CT molecular complexity index is 840. The number of aliphatic hydroxyl groups is 1. The first kappa shape index (κ1) is 21.0. The summed E-state index contributed by atoms with van der Waals surface area (Å²) in [6, 6.07) is 5.81. The minimum Gasteiger partial charge on any atom is -0.390 e. The molecule has 0 bridgehead atoms. The number of nitriles is 1. The first-order valence-corrected chi connectivity index (χ1v) is 9.92. The Morgan fingerprint density at radius 1 is 1.38 bits per heavy atom. The molecule has 2 fully saturated rings. The number of β-amino-alcohol motifs (C(OH)–C–C–N with tert-alkyl or cyclic N) is 1. The number of anilines is 1. The van der Waals surface area contributed by atoms with Crippen molar-refractivity contribution in [2.24, 2.45) is 15.9 Å². The lowest BCUT2D eigenvalue weighted by atomic mass is 9.94. The van der Waals surface area contributed by atoms with Gasteiger partial charge in [-0.15, -0.1) is 0 Å². The fraction of sp³-hybridized carbons (Fsp3) is 0.524. The van der Waals surface area contributed by atoms with Gasteiger partial charge in [-0.25, -0.2) is 0 Å². The Morgan fingerprint density at radius 2 is 2.14 bits per heavy atom. The van der Waals surface area contributed by atoms with Gasteiger partial charge in [0.05, 0.1) is 23.9 Å². The molecule has 0 radical (unpaired) electrons. The van der Waals surface area contributed by atoms with Crippen LogP contribution in [0.5, 0.6) is 0 Å². The van der Waals surface area contributed by atoms with Gasteiger partial charge in [0.1, 0.15) is 17.4 Å². The number of carbonyl (C=O) groups excluding carboxylic acids is 1. The molecule has 1 aromatic carbocycles. The van der Waals surface area contributed by atoms with E-state index >= 15 is 0 Å². The van der Waals surface area contributed by atoms with E-state index in [-0.39, 0.29) is 18.1 Å². The molecule has 1 amide bonds. The van der Waals surface area contributed by atoms with Crippen molar-refractivity contribution in [2.45, 2.75) is 32.4 Å². The van der Waals surface area contributed by atoms with Crippen LogP contribution in [0.15, 0.2) is 22.1 Å². The molecule has 0 aliphatic carbocycles. The highest BCUT2D eigenvalue weighted by molar-refractivity contribution is 5.86. The van der Waals surface area contributed by atoms with Crippen molar-refractivity contribution < 1.29 is 9.90 Å². The van der Waals surface area contributed by atoms with Gasteiger partial charge in [0.25, 0.3) is 0 Å². The number of likely N-dealkylation sites (tertiary alicyclic amines) is 1. The normalized spacial score (nSPS) is 22.9. The maximum atomic E-state index is 12.4. The number of aliphatic hydroxyl groups excluding tert-OH is 1. The molecule has 1 aromatic rings. The summed E-state index contributed by atoms with van der Waals surface area (Å²) in [6.45, 7) is 10.5. The summed E-state index contributed by atoms with van der Waals surface area (Å²) in [5, 5.41) is 21.9. The predicted molar refractivity (Wildman–Crippen MR) is 115 cm³/mol. The molecule has 29 heavy (non-hydrogen) atoms. The summed E-state index contributed by atoms with van der Waals surface area (Å²) in [7, 11) is 0. The van der Waals surface area contributed by atoms with Gasteiger partial charge in [0, 0.05) is 38.4 Å². The molecule has 2 aliphatic rings. The largest absolute Gasteiger partial charge is 0.390 e. The summed E-state index contributed by atoms with van der Waals surface area (Å²) >= 11 is 0. The highest BCUT2D eigenvalue weighted by Gasteiger charge is 2.30. The first-order valence-electron chi connectivity index (χ1n) is 9.92. The molecule has 2 saturated heterocycles. The minimum atomic E-state index is -0.311. The zero-order valence-corrected chi connectivity index (χ0v) is 17.0. The van der Waals surface area contributed by atoms with Gasteiger partial charge in [-0.2, -0.15) is 5.26 Å². The molecule has 2 N–H and O–H groups in total. The van der Waals surface area contributed by atoms with Crippen LogP contribution >= 0.6 is 0 Å². The number of benzene rings is 1. The van der Waals surface area contributed by atoms with Crippen LogP contribution in [0.4, 0.5) is 17.1 Å². The number of hydrogen-bond donors (Lipinski definition) is 2. The number of nitrogens with one attached hydrogen (secondary N) is 1. The van der Waals surface area contributed by atoms with Crippen molar-refractivity contribution in [3.8, 4) is 6.07 Å². The first-order chi connectivity index (χ1) is 13.9. The van der Waals surface area contributed by atoms with Gasteiger partial charge in [-0.3, -0.25) is 19.7 Å². The zero-order valence-electron chi connectivity index (χ0n) is 17.0. The maximum Gasteiger partial charge on any atom is 0.234 e. The second-order valence-electron chi connectivity index (χ2n) is 7.84. The molecule has 2 heterocycles. The maximum absolute atomic E-state index is 12.4. The molecule has 154 valence electrons. The number of aliphatic imine (C=N–C) groups is 2. The van der Waals surface area contributed by atoms with E-state index in [1.807, 2.05) is 17.9 Å². The van der Waals surface area contributed by atoms with Crippen molar-refractivity contribution in [2.75, 3.05) is 37.6 Å². The molecule has 3 rings (SSSR count). The summed E-state index contributed by atoms with van der Waals surface area (Å²) < 4.78 is 0. The topological polar surface area (TPSA) is 104 Å². The van der Waals surface area contributed by atoms with Crippen molar-refractivity contribution in [1.82, 2.24) is 10.2 Å². The van der Waals surface area contributed by atoms with Crippen molar-refractivity contribution in [3.63, 3.8) is 0 Å². The zero-order chi connectivity index (χ0) is 21.0. The van der Waals surface area contributed by atoms with E-state index in [2.05, 4.69) is 39.9 Å². The van der Waals surface area contributed by atoms with Crippen molar-refractivity contribution >= 4 is 35.9 Å². The number of hydrogen-bond acceptors (Lipinski definition) is 7. The molecule has 0 aromatic heterocycles. The minimum absolute atomic E-state index is 0.0176. The smallest absolute Gasteiger partial charge is 0.234 e. The second kappa shape index (κ2) is 9.16. The van der Waals surface area contributed by atoms with Crippen LogP contribution < -0.4 is 10.2 Å². The van der Waals surface area contributed by atoms with E-state index in [9.17, 15) is 15.2 Å². The van der Waals surface area contributed by atoms with E-state index in [0.29, 0.717) is 49.0 Å². The molecule has 2 aliphatic heterocycles. The van der Waals surface area contributed by atoms with E-state index in [0.717, 1.165) is 18.7 Å². The molecule has 8 heteroatoms. The molecule has 2 atom stereocenters. The van der Waals surface area contributed by atoms with E-state index in [4.69, 9.17) is 0 Å². The summed E-state index contributed by atoms with van der Waals surface area (Å²) in [6.07, 6.45) is 2.28. The number of rotatable bonds is 6. The fourth-order valence-corrected chi connectivity index (χ4v) is 4.13. The number of amides is 1. The monoisotopic (exact) mass is 396 g/mol. The van der Waals surface area contributed by atoms with Gasteiger partial charge in [0.2, 0.25) is 5.91 Å². The van der Waals surface area contributed by atoms with Gasteiger partial charge in [0.15, 0.2) is 0 Å². The molecule has 0 unspecified atom stereocenters. The van der Waals surface area contributed by atoms with Crippen molar-refractivity contribution in [3.05, 3.63) is 17.7 Å². The van der Waals surface area contributed by atoms with Crippen LogP contribution in [0.25, 0.3) is 0 Å². The number of piperidine rings is 1. The van der Waals surface area contributed by atoms with Crippen LogP contribution in [0, 0.1) is 17.2 Å². The lowest BCUT2D eigenvalue weighted by Crippen LogP contribution is -2.56. The average molecular weight is 396 g/mol. The van der Waals surface area contributed by atoms with Crippen LogP contribution in [0.1, 0.15) is 25.8 Å².